The highest BCUT2D eigenvalue weighted by Gasteiger charge is 2.32. The van der Waals surface area contributed by atoms with Gasteiger partial charge in [0, 0.05) is 12.6 Å². The molecule has 0 bridgehead atoms. The number of nitrogens with two attached hydrogens (primary N) is 1. The molecular formula is C16H25N3O4. The van der Waals surface area contributed by atoms with Crippen molar-refractivity contribution in [3.05, 3.63) is 12.1 Å². The second-order valence-corrected chi connectivity index (χ2v) is 6.53. The second kappa shape index (κ2) is 6.93. The zero-order chi connectivity index (χ0) is 17.0. The van der Waals surface area contributed by atoms with Crippen LogP contribution >= 0.6 is 0 Å². The number of carbonyl (C=O) groups is 1. The third-order valence-corrected chi connectivity index (χ3v) is 3.49. The van der Waals surface area contributed by atoms with Crippen molar-refractivity contribution in [1.29, 1.82) is 0 Å². The lowest BCUT2D eigenvalue weighted by atomic mass is 10.2. The van der Waals surface area contributed by atoms with Crippen LogP contribution < -0.4 is 15.2 Å². The predicted molar refractivity (Wildman–Crippen MR) is 86.7 cm³/mol. The first kappa shape index (κ1) is 17.2. The number of hydrogen-bond donors (Lipinski definition) is 1. The molecule has 2 rings (SSSR count). The summed E-state index contributed by atoms with van der Waals surface area (Å²) in [7, 11) is 1.50. The van der Waals surface area contributed by atoms with Gasteiger partial charge in [-0.3, -0.25) is 0 Å². The molecule has 1 atom stereocenters. The van der Waals surface area contributed by atoms with E-state index in [1.54, 1.807) is 17.0 Å². The van der Waals surface area contributed by atoms with E-state index >= 15 is 0 Å². The molecule has 1 aromatic heterocycles. The molecule has 1 aromatic rings. The number of nitrogens with zero attached hydrogens (tertiary/aromatic N) is 2. The molecule has 0 aliphatic carbocycles. The lowest BCUT2D eigenvalue weighted by Gasteiger charge is -2.28. The van der Waals surface area contributed by atoms with Gasteiger partial charge in [0.1, 0.15) is 12.2 Å². The Balaban J connectivity index is 1.95. The van der Waals surface area contributed by atoms with Gasteiger partial charge < -0.3 is 24.8 Å². The van der Waals surface area contributed by atoms with Crippen LogP contribution in [0.1, 0.15) is 33.6 Å². The van der Waals surface area contributed by atoms with Crippen LogP contribution in [0, 0.1) is 0 Å². The summed E-state index contributed by atoms with van der Waals surface area (Å²) in [5.41, 5.74) is 5.68. The molecule has 7 nitrogen and oxygen atoms in total. The third-order valence-electron chi connectivity index (χ3n) is 3.49. The summed E-state index contributed by atoms with van der Waals surface area (Å²) in [5.74, 6) is 0.755. The van der Waals surface area contributed by atoms with E-state index in [9.17, 15) is 4.79 Å². The number of aromatic nitrogens is 1. The number of pyridine rings is 1. The summed E-state index contributed by atoms with van der Waals surface area (Å²) in [5, 5.41) is 0. The SMILES string of the molecule is COc1nc(OCC2CCCN2C(=O)OC(C)(C)C)ccc1N. The Morgan fingerprint density at radius 2 is 2.17 bits per heavy atom. The molecule has 1 aliphatic heterocycles. The lowest BCUT2D eigenvalue weighted by Crippen LogP contribution is -2.42. The van der Waals surface area contributed by atoms with Gasteiger partial charge in [-0.25, -0.2) is 4.79 Å². The van der Waals surface area contributed by atoms with Gasteiger partial charge in [0.2, 0.25) is 11.8 Å². The first-order valence-corrected chi connectivity index (χ1v) is 7.73. The largest absolute Gasteiger partial charge is 0.479 e. The molecule has 2 heterocycles. The van der Waals surface area contributed by atoms with Crippen molar-refractivity contribution in [2.75, 3.05) is 26.0 Å². The minimum atomic E-state index is -0.503. The van der Waals surface area contributed by atoms with Crippen molar-refractivity contribution in [3.8, 4) is 11.8 Å². The molecule has 1 unspecified atom stereocenters. The minimum Gasteiger partial charge on any atom is -0.479 e. The Labute approximate surface area is 136 Å². The summed E-state index contributed by atoms with van der Waals surface area (Å²) in [6.07, 6.45) is 1.52. The van der Waals surface area contributed by atoms with E-state index in [4.69, 9.17) is 19.9 Å². The van der Waals surface area contributed by atoms with Crippen LogP contribution in [0.15, 0.2) is 12.1 Å². The van der Waals surface area contributed by atoms with Gasteiger partial charge in [0.05, 0.1) is 18.8 Å². The van der Waals surface area contributed by atoms with E-state index in [0.717, 1.165) is 12.8 Å². The van der Waals surface area contributed by atoms with E-state index in [0.29, 0.717) is 30.6 Å². The van der Waals surface area contributed by atoms with Crippen LogP contribution in [0.3, 0.4) is 0 Å². The van der Waals surface area contributed by atoms with Crippen LogP contribution in [0.25, 0.3) is 0 Å². The number of likely N-dealkylation sites (tertiary alicyclic amines) is 1. The van der Waals surface area contributed by atoms with Gasteiger partial charge in [-0.1, -0.05) is 0 Å². The van der Waals surface area contributed by atoms with Crippen LogP contribution in [0.2, 0.25) is 0 Å². The molecular weight excluding hydrogens is 298 g/mol. The van der Waals surface area contributed by atoms with Crippen LogP contribution in [-0.2, 0) is 4.74 Å². The molecule has 2 N–H and O–H groups in total. The monoisotopic (exact) mass is 323 g/mol. The molecule has 0 aromatic carbocycles. The fourth-order valence-corrected chi connectivity index (χ4v) is 2.43. The average Bonchev–Trinajstić information content (AvgIpc) is 2.93. The highest BCUT2D eigenvalue weighted by atomic mass is 16.6. The van der Waals surface area contributed by atoms with Gasteiger partial charge in [-0.2, -0.15) is 4.98 Å². The maximum Gasteiger partial charge on any atom is 0.410 e. The fourth-order valence-electron chi connectivity index (χ4n) is 2.43. The maximum absolute atomic E-state index is 12.2. The molecule has 1 amide bonds. The van der Waals surface area contributed by atoms with Crippen molar-refractivity contribution in [1.82, 2.24) is 9.88 Å². The molecule has 0 radical (unpaired) electrons. The molecule has 0 saturated carbocycles. The Kier molecular flexibility index (Phi) is 5.18. The Morgan fingerprint density at radius 3 is 2.83 bits per heavy atom. The van der Waals surface area contributed by atoms with Crippen LogP contribution in [0.5, 0.6) is 11.8 Å². The standard InChI is InChI=1S/C16H25N3O4/c1-16(2,3)23-15(20)19-9-5-6-11(19)10-22-13-8-7-12(17)14(18-13)21-4/h7-8,11H,5-6,9-10,17H2,1-4H3. The molecule has 0 spiro atoms. The van der Waals surface area contributed by atoms with Gasteiger partial charge in [-0.05, 0) is 39.7 Å². The zero-order valence-corrected chi connectivity index (χ0v) is 14.2. The molecule has 1 aliphatic rings. The highest BCUT2D eigenvalue weighted by molar-refractivity contribution is 5.69. The lowest BCUT2D eigenvalue weighted by molar-refractivity contribution is 0.0185. The van der Waals surface area contributed by atoms with Gasteiger partial charge in [0.25, 0.3) is 0 Å². The zero-order valence-electron chi connectivity index (χ0n) is 14.2. The molecule has 128 valence electrons. The number of ether oxygens (including phenoxy) is 3. The summed E-state index contributed by atoms with van der Waals surface area (Å²) in [6, 6.07) is 3.35. The van der Waals surface area contributed by atoms with E-state index in [-0.39, 0.29) is 12.1 Å². The first-order valence-electron chi connectivity index (χ1n) is 7.73. The van der Waals surface area contributed by atoms with Crippen molar-refractivity contribution in [3.63, 3.8) is 0 Å². The Morgan fingerprint density at radius 1 is 1.43 bits per heavy atom. The third kappa shape index (κ3) is 4.64. The van der Waals surface area contributed by atoms with Gasteiger partial charge in [-0.15, -0.1) is 0 Å². The smallest absolute Gasteiger partial charge is 0.410 e. The number of hydrogen-bond acceptors (Lipinski definition) is 6. The molecule has 1 fully saturated rings. The molecule has 23 heavy (non-hydrogen) atoms. The summed E-state index contributed by atoms with van der Waals surface area (Å²) < 4.78 is 16.2. The van der Waals surface area contributed by atoms with E-state index in [2.05, 4.69) is 4.98 Å². The maximum atomic E-state index is 12.2. The number of amides is 1. The van der Waals surface area contributed by atoms with E-state index in [1.165, 1.54) is 7.11 Å². The molecule has 7 heteroatoms. The fraction of sp³-hybridized carbons (Fsp3) is 0.625. The summed E-state index contributed by atoms with van der Waals surface area (Å²) in [4.78, 5) is 18.1. The molecule has 1 saturated heterocycles. The van der Waals surface area contributed by atoms with Crippen molar-refractivity contribution >= 4 is 11.8 Å². The number of nitrogen functional groups attached to an aromatic ring is 1. The normalized spacial score (nSPS) is 17.9. The van der Waals surface area contributed by atoms with Crippen LogP contribution in [0.4, 0.5) is 10.5 Å². The Bertz CT molecular complexity index is 557. The average molecular weight is 323 g/mol. The van der Waals surface area contributed by atoms with Crippen molar-refractivity contribution in [2.45, 2.75) is 45.3 Å². The predicted octanol–water partition coefficient (Wildman–Crippen LogP) is 2.45. The van der Waals surface area contributed by atoms with E-state index < -0.39 is 5.60 Å². The quantitative estimate of drug-likeness (QED) is 0.916. The topological polar surface area (TPSA) is 86.9 Å². The summed E-state index contributed by atoms with van der Waals surface area (Å²) >= 11 is 0. The Hall–Kier alpha value is -2.18. The number of methoxy groups -OCH3 is 1. The van der Waals surface area contributed by atoms with Gasteiger partial charge >= 0.3 is 6.09 Å². The first-order chi connectivity index (χ1) is 10.8. The van der Waals surface area contributed by atoms with Crippen molar-refractivity contribution in [2.24, 2.45) is 0 Å². The number of carbonyl (C=O) groups excluding carboxylic acids is 1. The van der Waals surface area contributed by atoms with Crippen molar-refractivity contribution < 1.29 is 19.0 Å². The van der Waals surface area contributed by atoms with Crippen LogP contribution in [-0.4, -0.2) is 47.9 Å². The second-order valence-electron chi connectivity index (χ2n) is 6.53. The minimum absolute atomic E-state index is 0.0183. The van der Waals surface area contributed by atoms with E-state index in [1.807, 2.05) is 20.8 Å². The van der Waals surface area contributed by atoms with Gasteiger partial charge in [0.15, 0.2) is 0 Å². The number of anilines is 1. The number of rotatable bonds is 4. The highest BCUT2D eigenvalue weighted by Crippen LogP contribution is 2.24. The summed E-state index contributed by atoms with van der Waals surface area (Å²) in [6.45, 7) is 6.62.